The first-order chi connectivity index (χ1) is 12.6. The summed E-state index contributed by atoms with van der Waals surface area (Å²) in [5.41, 5.74) is 0.897. The van der Waals surface area contributed by atoms with Gasteiger partial charge in [0.05, 0.1) is 6.20 Å². The van der Waals surface area contributed by atoms with Crippen molar-refractivity contribution in [1.29, 1.82) is 0 Å². The van der Waals surface area contributed by atoms with Crippen LogP contribution in [-0.4, -0.2) is 61.3 Å². The van der Waals surface area contributed by atoms with Crippen molar-refractivity contribution in [1.82, 2.24) is 20.2 Å². The van der Waals surface area contributed by atoms with Crippen molar-refractivity contribution < 1.29 is 14.7 Å². The normalized spacial score (nSPS) is 22.2. The van der Waals surface area contributed by atoms with Crippen LogP contribution in [0.15, 0.2) is 34.9 Å². The highest BCUT2D eigenvalue weighted by Crippen LogP contribution is 2.41. The maximum absolute atomic E-state index is 12.5. The minimum absolute atomic E-state index is 0.125. The van der Waals surface area contributed by atoms with Crippen LogP contribution in [0, 0.1) is 0 Å². The summed E-state index contributed by atoms with van der Waals surface area (Å²) in [5.74, 6) is -0.0875. The van der Waals surface area contributed by atoms with Crippen LogP contribution >= 0.6 is 23.5 Å². The molecule has 3 heterocycles. The maximum atomic E-state index is 12.5. The third-order valence-corrected chi connectivity index (χ3v) is 6.67. The van der Waals surface area contributed by atoms with Crippen molar-refractivity contribution in [3.63, 3.8) is 0 Å². The lowest BCUT2D eigenvalue weighted by molar-refractivity contribution is -0.149. The first-order valence-corrected chi connectivity index (χ1v) is 10.7. The SMILES string of the molecule is CCCCCNC1C(=O)N2C(C(=O)O)=C(CSc3cnccn3)CS[C@H]12. The molecule has 0 saturated carbocycles. The van der Waals surface area contributed by atoms with Crippen molar-refractivity contribution in [2.75, 3.05) is 18.1 Å². The van der Waals surface area contributed by atoms with Gasteiger partial charge in [-0.25, -0.2) is 9.78 Å². The number of carbonyl (C=O) groups excluding carboxylic acids is 1. The Hall–Kier alpha value is -1.58. The Labute approximate surface area is 161 Å². The van der Waals surface area contributed by atoms with E-state index in [4.69, 9.17) is 0 Å². The first-order valence-electron chi connectivity index (χ1n) is 8.65. The van der Waals surface area contributed by atoms with Crippen LogP contribution in [0.3, 0.4) is 0 Å². The van der Waals surface area contributed by atoms with Crippen LogP contribution in [-0.2, 0) is 9.59 Å². The molecular formula is C17H22N4O3S2. The Balaban J connectivity index is 1.66. The number of β-lactam (4-membered cyclic amide) rings is 1. The number of amides is 1. The molecule has 3 rings (SSSR count). The Morgan fingerprint density at radius 2 is 2.31 bits per heavy atom. The van der Waals surface area contributed by atoms with Crippen molar-refractivity contribution in [2.45, 2.75) is 42.6 Å². The highest BCUT2D eigenvalue weighted by molar-refractivity contribution is 8.01. The van der Waals surface area contributed by atoms with Gasteiger partial charge in [-0.05, 0) is 18.5 Å². The van der Waals surface area contributed by atoms with Gasteiger partial charge in [0, 0.05) is 23.9 Å². The molecule has 26 heavy (non-hydrogen) atoms. The van der Waals surface area contributed by atoms with Gasteiger partial charge in [0.25, 0.3) is 0 Å². The molecule has 0 spiro atoms. The molecule has 1 aromatic heterocycles. The first kappa shape index (κ1) is 19.2. The highest BCUT2D eigenvalue weighted by atomic mass is 32.2. The van der Waals surface area contributed by atoms with Gasteiger partial charge >= 0.3 is 5.97 Å². The second-order valence-electron chi connectivity index (χ2n) is 6.14. The minimum Gasteiger partial charge on any atom is -0.477 e. The number of carbonyl (C=O) groups is 2. The average Bonchev–Trinajstić information content (AvgIpc) is 2.66. The quantitative estimate of drug-likeness (QED) is 0.373. The van der Waals surface area contributed by atoms with E-state index in [1.807, 2.05) is 0 Å². The van der Waals surface area contributed by atoms with Crippen LogP contribution < -0.4 is 5.32 Å². The number of unbranched alkanes of at least 4 members (excludes halogenated alkanes) is 2. The molecule has 140 valence electrons. The third-order valence-electron chi connectivity index (χ3n) is 4.33. The zero-order valence-corrected chi connectivity index (χ0v) is 16.2. The molecule has 7 nitrogen and oxygen atoms in total. The van der Waals surface area contributed by atoms with E-state index in [2.05, 4.69) is 22.2 Å². The fourth-order valence-corrected chi connectivity index (χ4v) is 5.34. The molecule has 0 aromatic carbocycles. The molecule has 1 aromatic rings. The number of aromatic nitrogens is 2. The molecule has 0 radical (unpaired) electrons. The molecule has 1 fully saturated rings. The van der Waals surface area contributed by atoms with Crippen LogP contribution in [0.2, 0.25) is 0 Å². The Kier molecular flexibility index (Phi) is 6.55. The van der Waals surface area contributed by atoms with Crippen LogP contribution in [0.4, 0.5) is 0 Å². The van der Waals surface area contributed by atoms with E-state index >= 15 is 0 Å². The van der Waals surface area contributed by atoms with E-state index in [0.717, 1.165) is 36.4 Å². The predicted molar refractivity (Wildman–Crippen MR) is 102 cm³/mol. The van der Waals surface area contributed by atoms with Crippen molar-refractivity contribution in [3.05, 3.63) is 29.9 Å². The molecule has 2 aliphatic rings. The lowest BCUT2D eigenvalue weighted by Crippen LogP contribution is -2.70. The lowest BCUT2D eigenvalue weighted by atomic mass is 10.0. The van der Waals surface area contributed by atoms with Gasteiger partial charge in [0.2, 0.25) is 5.91 Å². The van der Waals surface area contributed by atoms with E-state index in [-0.39, 0.29) is 23.0 Å². The lowest BCUT2D eigenvalue weighted by Gasteiger charge is -2.49. The summed E-state index contributed by atoms with van der Waals surface area (Å²) in [5, 5.41) is 13.6. The van der Waals surface area contributed by atoms with Crippen molar-refractivity contribution >= 4 is 35.4 Å². The summed E-state index contributed by atoms with van der Waals surface area (Å²) < 4.78 is 0. The van der Waals surface area contributed by atoms with Gasteiger partial charge in [0.15, 0.2) is 0 Å². The van der Waals surface area contributed by atoms with Gasteiger partial charge in [-0.1, -0.05) is 19.8 Å². The number of thioether (sulfide) groups is 2. The average molecular weight is 395 g/mol. The second-order valence-corrected chi connectivity index (χ2v) is 8.24. The minimum atomic E-state index is -1.04. The summed E-state index contributed by atoms with van der Waals surface area (Å²) in [4.78, 5) is 34.0. The van der Waals surface area contributed by atoms with Crippen LogP contribution in [0.1, 0.15) is 26.2 Å². The molecule has 2 atom stereocenters. The van der Waals surface area contributed by atoms with E-state index in [0.29, 0.717) is 11.5 Å². The largest absolute Gasteiger partial charge is 0.477 e. The van der Waals surface area contributed by atoms with E-state index in [1.54, 1.807) is 30.4 Å². The molecule has 2 aliphatic heterocycles. The maximum Gasteiger partial charge on any atom is 0.352 e. The van der Waals surface area contributed by atoms with Gasteiger partial charge in [-0.2, -0.15) is 0 Å². The summed E-state index contributed by atoms with van der Waals surface area (Å²) in [6.07, 6.45) is 8.13. The summed E-state index contributed by atoms with van der Waals surface area (Å²) in [6.45, 7) is 2.92. The summed E-state index contributed by atoms with van der Waals surface area (Å²) >= 11 is 3.06. The van der Waals surface area contributed by atoms with Gasteiger partial charge in [-0.3, -0.25) is 14.7 Å². The predicted octanol–water partition coefficient (Wildman–Crippen LogP) is 1.97. The number of carboxylic acids is 1. The van der Waals surface area contributed by atoms with Gasteiger partial charge in [-0.15, -0.1) is 23.5 Å². The number of aliphatic carboxylic acids is 1. The number of rotatable bonds is 9. The Bertz CT molecular complexity index is 699. The molecule has 1 amide bonds. The van der Waals surface area contributed by atoms with Gasteiger partial charge < -0.3 is 10.4 Å². The molecule has 0 aliphatic carbocycles. The topological polar surface area (TPSA) is 95.4 Å². The molecular weight excluding hydrogens is 372 g/mol. The molecule has 2 N–H and O–H groups in total. The fraction of sp³-hybridized carbons (Fsp3) is 0.529. The van der Waals surface area contributed by atoms with E-state index < -0.39 is 5.97 Å². The highest BCUT2D eigenvalue weighted by Gasteiger charge is 2.53. The Morgan fingerprint density at radius 1 is 1.46 bits per heavy atom. The Morgan fingerprint density at radius 3 is 3.00 bits per heavy atom. The number of hydrogen-bond acceptors (Lipinski definition) is 7. The number of nitrogens with zero attached hydrogens (tertiary/aromatic N) is 3. The smallest absolute Gasteiger partial charge is 0.352 e. The van der Waals surface area contributed by atoms with Crippen molar-refractivity contribution in [2.24, 2.45) is 0 Å². The number of carboxylic acid groups (broad SMARTS) is 1. The van der Waals surface area contributed by atoms with Crippen LogP contribution in [0.25, 0.3) is 0 Å². The molecule has 9 heteroatoms. The molecule has 1 saturated heterocycles. The molecule has 0 bridgehead atoms. The summed E-state index contributed by atoms with van der Waals surface area (Å²) in [7, 11) is 0. The monoisotopic (exact) mass is 394 g/mol. The summed E-state index contributed by atoms with van der Waals surface area (Å²) in [6, 6.07) is -0.277. The van der Waals surface area contributed by atoms with Crippen molar-refractivity contribution in [3.8, 4) is 0 Å². The zero-order chi connectivity index (χ0) is 18.5. The molecule has 1 unspecified atom stereocenters. The third kappa shape index (κ3) is 4.05. The number of fused-ring (bicyclic) bond motifs is 1. The van der Waals surface area contributed by atoms with E-state index in [1.165, 1.54) is 16.7 Å². The van der Waals surface area contributed by atoms with Gasteiger partial charge in [0.1, 0.15) is 22.1 Å². The van der Waals surface area contributed by atoms with Crippen LogP contribution in [0.5, 0.6) is 0 Å². The zero-order valence-electron chi connectivity index (χ0n) is 14.6. The second kappa shape index (κ2) is 8.88. The fourth-order valence-electron chi connectivity index (χ4n) is 3.00. The standard InChI is InChI=1S/C17H22N4O3S2/c1-2-3-4-5-20-13-15(22)21-14(17(23)24)11(10-26-16(13)21)9-25-12-8-18-6-7-19-12/h6-8,13,16,20H,2-5,9-10H2,1H3,(H,23,24)/t13?,16-/m1/s1. The number of nitrogens with one attached hydrogen (secondary N) is 1. The number of hydrogen-bond donors (Lipinski definition) is 2. The van der Waals surface area contributed by atoms with E-state index in [9.17, 15) is 14.7 Å².